The molecule has 0 atom stereocenters. The third-order valence-electron chi connectivity index (χ3n) is 3.86. The minimum Gasteiger partial charge on any atom is -0.465 e. The molecular weight excluding hydrogens is 338 g/mol. The maximum absolute atomic E-state index is 12.7. The maximum Gasteiger partial charge on any atom is 0.343 e. The van der Waals surface area contributed by atoms with E-state index in [1.807, 2.05) is 42.5 Å². The Bertz CT molecular complexity index is 947. The minimum absolute atomic E-state index is 0.0119. The molecule has 0 saturated heterocycles. The second-order valence-corrected chi connectivity index (χ2v) is 6.00. The number of esters is 1. The van der Waals surface area contributed by atoms with Crippen molar-refractivity contribution in [3.05, 3.63) is 93.4 Å². The number of rotatable bonds is 4. The molecule has 0 spiro atoms. The van der Waals surface area contributed by atoms with Gasteiger partial charge in [-0.05, 0) is 34.9 Å². The molecule has 0 unspecified atom stereocenters. The number of pyridine rings is 1. The molecule has 0 radical (unpaired) electrons. The van der Waals surface area contributed by atoms with Crippen LogP contribution in [0.4, 0.5) is 0 Å². The third kappa shape index (κ3) is 3.80. The van der Waals surface area contributed by atoms with E-state index in [9.17, 15) is 9.59 Å². The molecule has 0 N–H and O–H groups in total. The highest BCUT2D eigenvalue weighted by molar-refractivity contribution is 6.30. The van der Waals surface area contributed by atoms with Crippen molar-refractivity contribution in [1.29, 1.82) is 0 Å². The van der Waals surface area contributed by atoms with Crippen LogP contribution < -0.4 is 5.56 Å². The molecule has 0 aliphatic carbocycles. The van der Waals surface area contributed by atoms with E-state index in [2.05, 4.69) is 0 Å². The fourth-order valence-electron chi connectivity index (χ4n) is 2.58. The van der Waals surface area contributed by atoms with Crippen LogP contribution in [0, 0.1) is 0 Å². The second-order valence-electron chi connectivity index (χ2n) is 5.56. The number of benzene rings is 2. The lowest BCUT2D eigenvalue weighted by Gasteiger charge is -2.12. The molecule has 2 aromatic carbocycles. The zero-order valence-electron chi connectivity index (χ0n) is 13.6. The van der Waals surface area contributed by atoms with Gasteiger partial charge in [-0.2, -0.15) is 0 Å². The molecule has 0 aliphatic heterocycles. The van der Waals surface area contributed by atoms with Crippen molar-refractivity contribution in [2.75, 3.05) is 7.11 Å². The van der Waals surface area contributed by atoms with Crippen LogP contribution in [0.3, 0.4) is 0 Å². The Labute approximate surface area is 150 Å². The molecule has 4 nitrogen and oxygen atoms in total. The quantitative estimate of drug-likeness (QED) is 0.666. The largest absolute Gasteiger partial charge is 0.465 e. The summed E-state index contributed by atoms with van der Waals surface area (Å²) in [5.41, 5.74) is 2.22. The van der Waals surface area contributed by atoms with Gasteiger partial charge in [0.2, 0.25) is 0 Å². The van der Waals surface area contributed by atoms with Crippen molar-refractivity contribution < 1.29 is 9.53 Å². The zero-order valence-corrected chi connectivity index (χ0v) is 14.4. The summed E-state index contributed by atoms with van der Waals surface area (Å²) in [6.45, 7) is 0.334. The van der Waals surface area contributed by atoms with Gasteiger partial charge in [-0.15, -0.1) is 0 Å². The first-order valence-electron chi connectivity index (χ1n) is 7.71. The van der Waals surface area contributed by atoms with Crippen molar-refractivity contribution >= 4 is 17.6 Å². The molecule has 1 heterocycles. The number of carbonyl (C=O) groups excluding carboxylic acids is 1. The van der Waals surface area contributed by atoms with Crippen molar-refractivity contribution in [2.24, 2.45) is 0 Å². The molecule has 5 heteroatoms. The Kier molecular flexibility index (Phi) is 5.00. The van der Waals surface area contributed by atoms with Crippen LogP contribution in [-0.2, 0) is 11.3 Å². The van der Waals surface area contributed by atoms with E-state index in [4.69, 9.17) is 16.3 Å². The van der Waals surface area contributed by atoms with Gasteiger partial charge in [0.25, 0.3) is 5.56 Å². The predicted molar refractivity (Wildman–Crippen MR) is 98.0 cm³/mol. The number of ether oxygens (including phenoxy) is 1. The van der Waals surface area contributed by atoms with Crippen molar-refractivity contribution in [2.45, 2.75) is 6.54 Å². The Hall–Kier alpha value is -2.85. The van der Waals surface area contributed by atoms with Crippen LogP contribution in [0.25, 0.3) is 11.1 Å². The summed E-state index contributed by atoms with van der Waals surface area (Å²) < 4.78 is 6.27. The van der Waals surface area contributed by atoms with Crippen LogP contribution in [0.5, 0.6) is 0 Å². The highest BCUT2D eigenvalue weighted by Gasteiger charge is 2.15. The maximum atomic E-state index is 12.7. The normalized spacial score (nSPS) is 10.5. The Morgan fingerprint density at radius 2 is 1.72 bits per heavy atom. The Morgan fingerprint density at radius 1 is 1.04 bits per heavy atom. The van der Waals surface area contributed by atoms with E-state index in [0.717, 1.165) is 16.7 Å². The van der Waals surface area contributed by atoms with Gasteiger partial charge < -0.3 is 9.30 Å². The lowest BCUT2D eigenvalue weighted by atomic mass is 10.1. The highest BCUT2D eigenvalue weighted by atomic mass is 35.5. The van der Waals surface area contributed by atoms with Crippen molar-refractivity contribution in [3.63, 3.8) is 0 Å². The molecule has 3 aromatic rings. The first-order chi connectivity index (χ1) is 12.1. The number of hydrogen-bond acceptors (Lipinski definition) is 3. The number of aromatic nitrogens is 1. The second kappa shape index (κ2) is 7.36. The summed E-state index contributed by atoms with van der Waals surface area (Å²) in [6.07, 6.45) is 1.75. The van der Waals surface area contributed by atoms with Gasteiger partial charge in [-0.1, -0.05) is 54.1 Å². The summed E-state index contributed by atoms with van der Waals surface area (Å²) in [4.78, 5) is 24.7. The smallest absolute Gasteiger partial charge is 0.343 e. The van der Waals surface area contributed by atoms with Crippen LogP contribution in [0.15, 0.2) is 71.7 Å². The lowest BCUT2D eigenvalue weighted by molar-refractivity contribution is 0.0598. The molecular formula is C20H16ClNO3. The number of halogens is 1. The van der Waals surface area contributed by atoms with E-state index in [1.54, 1.807) is 24.4 Å². The predicted octanol–water partition coefficient (Wildman–Crippen LogP) is 4.00. The van der Waals surface area contributed by atoms with E-state index >= 15 is 0 Å². The number of nitrogens with zero attached hydrogens (tertiary/aromatic N) is 1. The molecule has 1 aromatic heterocycles. The summed E-state index contributed by atoms with van der Waals surface area (Å²) >= 11 is 5.91. The third-order valence-corrected chi connectivity index (χ3v) is 4.12. The van der Waals surface area contributed by atoms with Gasteiger partial charge in [0.15, 0.2) is 0 Å². The topological polar surface area (TPSA) is 48.3 Å². The van der Waals surface area contributed by atoms with E-state index in [-0.39, 0.29) is 11.1 Å². The van der Waals surface area contributed by atoms with E-state index in [1.165, 1.54) is 11.7 Å². The first-order valence-corrected chi connectivity index (χ1v) is 8.09. The monoisotopic (exact) mass is 353 g/mol. The van der Waals surface area contributed by atoms with Gasteiger partial charge in [-0.3, -0.25) is 4.79 Å². The highest BCUT2D eigenvalue weighted by Crippen LogP contribution is 2.19. The molecule has 3 rings (SSSR count). The van der Waals surface area contributed by atoms with Crippen LogP contribution in [0.2, 0.25) is 5.02 Å². The summed E-state index contributed by atoms with van der Waals surface area (Å²) in [5.74, 6) is -0.646. The Balaban J connectivity index is 2.11. The average molecular weight is 354 g/mol. The fraction of sp³-hybridized carbons (Fsp3) is 0.100. The SMILES string of the molecule is COC(=O)c1cc(-c2ccccc2)cn(Cc2ccc(Cl)cc2)c1=O. The lowest BCUT2D eigenvalue weighted by Crippen LogP contribution is -2.27. The van der Waals surface area contributed by atoms with Crippen molar-refractivity contribution in [3.8, 4) is 11.1 Å². The average Bonchev–Trinajstić information content (AvgIpc) is 2.65. The van der Waals surface area contributed by atoms with Crippen LogP contribution in [0.1, 0.15) is 15.9 Å². The minimum atomic E-state index is -0.646. The van der Waals surface area contributed by atoms with E-state index in [0.29, 0.717) is 11.6 Å². The van der Waals surface area contributed by atoms with Gasteiger partial charge in [0.05, 0.1) is 13.7 Å². The molecule has 0 aliphatic rings. The fourth-order valence-corrected chi connectivity index (χ4v) is 2.71. The van der Waals surface area contributed by atoms with Gasteiger partial charge in [0, 0.05) is 11.2 Å². The molecule has 0 amide bonds. The van der Waals surface area contributed by atoms with Gasteiger partial charge in [0.1, 0.15) is 5.56 Å². The molecule has 0 saturated carbocycles. The van der Waals surface area contributed by atoms with Gasteiger partial charge >= 0.3 is 5.97 Å². The molecule has 0 bridgehead atoms. The van der Waals surface area contributed by atoms with Gasteiger partial charge in [-0.25, -0.2) is 4.79 Å². The van der Waals surface area contributed by atoms with Crippen LogP contribution >= 0.6 is 11.6 Å². The molecule has 126 valence electrons. The number of methoxy groups -OCH3 is 1. The number of hydrogen-bond donors (Lipinski definition) is 0. The number of carbonyl (C=O) groups is 1. The molecule has 0 fully saturated rings. The Morgan fingerprint density at radius 3 is 2.36 bits per heavy atom. The molecule has 25 heavy (non-hydrogen) atoms. The summed E-state index contributed by atoms with van der Waals surface area (Å²) in [6, 6.07) is 18.4. The summed E-state index contributed by atoms with van der Waals surface area (Å²) in [7, 11) is 1.26. The zero-order chi connectivity index (χ0) is 17.8. The summed E-state index contributed by atoms with van der Waals surface area (Å²) in [5, 5.41) is 0.629. The van der Waals surface area contributed by atoms with E-state index < -0.39 is 5.97 Å². The van der Waals surface area contributed by atoms with Crippen LogP contribution in [-0.4, -0.2) is 17.6 Å². The van der Waals surface area contributed by atoms with Crippen molar-refractivity contribution in [1.82, 2.24) is 4.57 Å². The first kappa shape index (κ1) is 17.0. The standard InChI is InChI=1S/C20H16ClNO3/c1-25-20(24)18-11-16(15-5-3-2-4-6-15)13-22(19(18)23)12-14-7-9-17(21)10-8-14/h2-11,13H,12H2,1H3.